The highest BCUT2D eigenvalue weighted by atomic mass is 32.1. The van der Waals surface area contributed by atoms with Gasteiger partial charge in [0.15, 0.2) is 5.78 Å². The molecule has 28 heavy (non-hydrogen) atoms. The highest BCUT2D eigenvalue weighted by Gasteiger charge is 2.18. The Morgan fingerprint density at radius 3 is 2.39 bits per heavy atom. The number of nitrogens with one attached hydrogen (secondary N) is 1. The number of hydrogen-bond acceptors (Lipinski definition) is 4. The highest BCUT2D eigenvalue weighted by Crippen LogP contribution is 2.15. The van der Waals surface area contributed by atoms with Crippen molar-refractivity contribution in [1.29, 1.82) is 0 Å². The van der Waals surface area contributed by atoms with Crippen LogP contribution in [-0.2, 0) is 11.4 Å². The zero-order valence-corrected chi connectivity index (χ0v) is 17.0. The predicted molar refractivity (Wildman–Crippen MR) is 114 cm³/mol. The smallest absolute Gasteiger partial charge is 0.266 e. The first-order valence-electron chi connectivity index (χ1n) is 9.05. The zero-order valence-electron chi connectivity index (χ0n) is 16.2. The van der Waals surface area contributed by atoms with Crippen molar-refractivity contribution in [2.75, 3.05) is 0 Å². The third kappa shape index (κ3) is 5.30. The molecule has 1 heterocycles. The van der Waals surface area contributed by atoms with Gasteiger partial charge in [0.2, 0.25) is 0 Å². The summed E-state index contributed by atoms with van der Waals surface area (Å²) < 4.78 is 6.91. The fourth-order valence-electron chi connectivity index (χ4n) is 2.41. The number of benzene rings is 2. The van der Waals surface area contributed by atoms with Crippen LogP contribution in [0, 0.1) is 5.41 Å². The largest absolute Gasteiger partial charge is 0.489 e. The molecule has 0 spiro atoms. The monoisotopic (exact) mass is 393 g/mol. The van der Waals surface area contributed by atoms with Gasteiger partial charge in [0.05, 0.1) is 9.20 Å². The highest BCUT2D eigenvalue weighted by molar-refractivity contribution is 7.07. The van der Waals surface area contributed by atoms with Crippen LogP contribution in [0.25, 0.3) is 12.2 Å². The standard InChI is InChI=1S/C23H23NO3S/c1-23(2,3)20(25)14-21-24-22(26)19(28-21)13-16-9-11-18(12-10-16)27-15-17-7-5-4-6-8-17/h4-14H,15H2,1-3H3,(H,24,26). The first-order valence-corrected chi connectivity index (χ1v) is 9.87. The minimum absolute atomic E-state index is 0.0172. The van der Waals surface area contributed by atoms with E-state index in [2.05, 4.69) is 4.98 Å². The summed E-state index contributed by atoms with van der Waals surface area (Å²) in [6, 6.07) is 17.6. The van der Waals surface area contributed by atoms with Gasteiger partial charge in [0.25, 0.3) is 5.56 Å². The molecule has 0 aliphatic heterocycles. The molecule has 0 unspecified atom stereocenters. The van der Waals surface area contributed by atoms with Gasteiger partial charge in [0.1, 0.15) is 12.4 Å². The van der Waals surface area contributed by atoms with Crippen molar-refractivity contribution in [1.82, 2.24) is 4.98 Å². The molecule has 1 N–H and O–H groups in total. The number of ketones is 1. The minimum Gasteiger partial charge on any atom is -0.489 e. The Morgan fingerprint density at radius 1 is 1.07 bits per heavy atom. The predicted octanol–water partition coefficient (Wildman–Crippen LogP) is 3.24. The van der Waals surface area contributed by atoms with Crippen LogP contribution in [-0.4, -0.2) is 10.8 Å². The van der Waals surface area contributed by atoms with E-state index in [1.54, 1.807) is 0 Å². The summed E-state index contributed by atoms with van der Waals surface area (Å²) in [4.78, 5) is 27.0. The molecule has 0 saturated heterocycles. The van der Waals surface area contributed by atoms with Gasteiger partial charge in [-0.15, -0.1) is 11.3 Å². The molecule has 0 aliphatic carbocycles. The Bertz CT molecular complexity index is 1120. The van der Waals surface area contributed by atoms with Crippen molar-refractivity contribution in [3.63, 3.8) is 0 Å². The Morgan fingerprint density at radius 2 is 1.75 bits per heavy atom. The minimum atomic E-state index is -0.472. The van der Waals surface area contributed by atoms with Gasteiger partial charge in [-0.05, 0) is 29.3 Å². The summed E-state index contributed by atoms with van der Waals surface area (Å²) in [6.45, 7) is 6.07. The lowest BCUT2D eigenvalue weighted by molar-refractivity contribution is -0.119. The average molecular weight is 394 g/mol. The van der Waals surface area contributed by atoms with E-state index in [-0.39, 0.29) is 11.3 Å². The second kappa shape index (κ2) is 8.40. The average Bonchev–Trinajstić information content (AvgIpc) is 3.00. The van der Waals surface area contributed by atoms with E-state index in [1.807, 2.05) is 81.4 Å². The van der Waals surface area contributed by atoms with Crippen LogP contribution in [0.2, 0.25) is 0 Å². The SMILES string of the molecule is CC(C)(C)C(=O)C=c1[nH]c(=O)c(=Cc2ccc(OCc3ccccc3)cc2)s1. The first-order chi connectivity index (χ1) is 13.3. The van der Waals surface area contributed by atoms with Crippen LogP contribution in [0.1, 0.15) is 31.9 Å². The van der Waals surface area contributed by atoms with Crippen molar-refractivity contribution in [3.05, 3.63) is 85.3 Å². The van der Waals surface area contributed by atoms with Crippen LogP contribution >= 0.6 is 11.3 Å². The number of carbonyl (C=O) groups is 1. The number of rotatable bonds is 5. The van der Waals surface area contributed by atoms with Crippen molar-refractivity contribution in [2.24, 2.45) is 5.41 Å². The van der Waals surface area contributed by atoms with Gasteiger partial charge < -0.3 is 9.72 Å². The van der Waals surface area contributed by atoms with E-state index in [1.165, 1.54) is 17.4 Å². The quantitative estimate of drug-likeness (QED) is 0.724. The lowest BCUT2D eigenvalue weighted by atomic mass is 9.91. The maximum absolute atomic E-state index is 12.2. The third-order valence-electron chi connectivity index (χ3n) is 4.11. The van der Waals surface area contributed by atoms with Gasteiger partial charge in [-0.1, -0.05) is 63.2 Å². The molecule has 0 radical (unpaired) electrons. The molecule has 1 aromatic heterocycles. The number of carbonyl (C=O) groups excluding carboxylic acids is 1. The Hall–Kier alpha value is -2.92. The normalized spacial score (nSPS) is 13.0. The second-order valence-electron chi connectivity index (χ2n) is 7.53. The summed E-state index contributed by atoms with van der Waals surface area (Å²) >= 11 is 1.28. The molecule has 5 heteroatoms. The molecular formula is C23H23NO3S. The molecule has 3 rings (SSSR count). The third-order valence-corrected chi connectivity index (χ3v) is 5.07. The molecule has 0 aliphatic rings. The van der Waals surface area contributed by atoms with Gasteiger partial charge >= 0.3 is 0 Å². The fraction of sp³-hybridized carbons (Fsp3) is 0.217. The molecule has 2 aromatic carbocycles. The number of ether oxygens (including phenoxy) is 1. The van der Waals surface area contributed by atoms with Gasteiger partial charge in [0, 0.05) is 11.5 Å². The van der Waals surface area contributed by atoms with Crippen LogP contribution in [0.15, 0.2) is 59.4 Å². The van der Waals surface area contributed by atoms with Gasteiger partial charge in [-0.2, -0.15) is 0 Å². The van der Waals surface area contributed by atoms with E-state index in [0.29, 0.717) is 15.8 Å². The molecule has 3 aromatic rings. The molecule has 0 atom stereocenters. The van der Waals surface area contributed by atoms with Crippen molar-refractivity contribution in [2.45, 2.75) is 27.4 Å². The maximum Gasteiger partial charge on any atom is 0.266 e. The molecule has 0 amide bonds. The number of H-pyrrole nitrogens is 1. The first kappa shape index (κ1) is 19.8. The van der Waals surface area contributed by atoms with Crippen molar-refractivity contribution in [3.8, 4) is 5.75 Å². The Balaban J connectivity index is 1.76. The summed E-state index contributed by atoms with van der Waals surface area (Å²) in [7, 11) is 0. The van der Waals surface area contributed by atoms with Gasteiger partial charge in [-0.25, -0.2) is 0 Å². The summed E-state index contributed by atoms with van der Waals surface area (Å²) in [5.41, 5.74) is 1.34. The van der Waals surface area contributed by atoms with E-state index >= 15 is 0 Å². The van der Waals surface area contributed by atoms with E-state index < -0.39 is 5.41 Å². The second-order valence-corrected chi connectivity index (χ2v) is 8.61. The van der Waals surface area contributed by atoms with E-state index in [0.717, 1.165) is 16.9 Å². The Kier molecular flexibility index (Phi) is 5.95. The molecule has 4 nitrogen and oxygen atoms in total. The summed E-state index contributed by atoms with van der Waals surface area (Å²) in [5.74, 6) is 0.752. The van der Waals surface area contributed by atoms with Crippen molar-refractivity contribution < 1.29 is 9.53 Å². The van der Waals surface area contributed by atoms with Gasteiger partial charge in [-0.3, -0.25) is 9.59 Å². The summed E-state index contributed by atoms with van der Waals surface area (Å²) in [6.07, 6.45) is 3.31. The van der Waals surface area contributed by atoms with E-state index in [4.69, 9.17) is 4.74 Å². The number of hydrogen-bond donors (Lipinski definition) is 1. The Labute approximate surface area is 167 Å². The van der Waals surface area contributed by atoms with Crippen LogP contribution in [0.4, 0.5) is 0 Å². The van der Waals surface area contributed by atoms with Crippen molar-refractivity contribution >= 4 is 29.3 Å². The number of aromatic nitrogens is 1. The molecule has 0 bridgehead atoms. The number of Topliss-reactive ketones (excluding diaryl/α,β-unsaturated/α-hetero) is 1. The zero-order chi connectivity index (χ0) is 20.1. The van der Waals surface area contributed by atoms with Crippen LogP contribution in [0.5, 0.6) is 5.75 Å². The fourth-order valence-corrected chi connectivity index (χ4v) is 3.30. The van der Waals surface area contributed by atoms with Crippen LogP contribution < -0.4 is 19.5 Å². The van der Waals surface area contributed by atoms with E-state index in [9.17, 15) is 9.59 Å². The topological polar surface area (TPSA) is 59.2 Å². The molecule has 0 saturated carbocycles. The lowest BCUT2D eigenvalue weighted by Gasteiger charge is -2.12. The molecular weight excluding hydrogens is 370 g/mol. The van der Waals surface area contributed by atoms with Crippen LogP contribution in [0.3, 0.4) is 0 Å². The summed E-state index contributed by atoms with van der Waals surface area (Å²) in [5, 5.41) is 0. The molecule has 144 valence electrons. The molecule has 0 fully saturated rings. The maximum atomic E-state index is 12.2. The number of aromatic amines is 1. The number of thiazole rings is 1. The lowest BCUT2D eigenvalue weighted by Crippen LogP contribution is -2.22.